The number of benzene rings is 2. The molecule has 4 N–H and O–H groups in total. The number of carbonyl (C=O) groups excluding carboxylic acids is 2. The Kier molecular flexibility index (Phi) is 5.19. The van der Waals surface area contributed by atoms with Gasteiger partial charge in [-0.25, -0.2) is 4.79 Å². The third kappa shape index (κ3) is 4.23. The molecule has 0 heterocycles. The van der Waals surface area contributed by atoms with E-state index in [-0.39, 0.29) is 6.03 Å². The minimum atomic E-state index is -0.527. The van der Waals surface area contributed by atoms with Crippen molar-refractivity contribution < 1.29 is 14.3 Å². The van der Waals surface area contributed by atoms with Gasteiger partial charge in [0.2, 0.25) is 5.91 Å². The normalized spacial score (nSPS) is 10.0. The molecule has 2 aromatic rings. The minimum absolute atomic E-state index is 0.324. The number of hydrogen-bond donors (Lipinski definition) is 3. The molecular formula is C17H19N3O3. The molecule has 23 heavy (non-hydrogen) atoms. The molecule has 3 amide bonds. The van der Waals surface area contributed by atoms with Crippen LogP contribution in [0.1, 0.15) is 21.5 Å². The van der Waals surface area contributed by atoms with Crippen molar-refractivity contribution in [1.29, 1.82) is 0 Å². The number of amides is 3. The predicted molar refractivity (Wildman–Crippen MR) is 88.5 cm³/mol. The predicted octanol–water partition coefficient (Wildman–Crippen LogP) is 2.42. The molecule has 120 valence electrons. The van der Waals surface area contributed by atoms with Crippen molar-refractivity contribution in [2.24, 2.45) is 5.73 Å². The van der Waals surface area contributed by atoms with Gasteiger partial charge in [0.1, 0.15) is 5.75 Å². The molecule has 6 nitrogen and oxygen atoms in total. The largest absolute Gasteiger partial charge is 0.496 e. The number of rotatable bonds is 5. The first-order valence-corrected chi connectivity index (χ1v) is 7.08. The summed E-state index contributed by atoms with van der Waals surface area (Å²) in [6.07, 6.45) is 0. The van der Waals surface area contributed by atoms with Gasteiger partial charge < -0.3 is 21.1 Å². The number of carbonyl (C=O) groups is 2. The Bertz CT molecular complexity index is 729. The third-order valence-corrected chi connectivity index (χ3v) is 3.39. The number of methoxy groups -OCH3 is 1. The van der Waals surface area contributed by atoms with Crippen LogP contribution in [0.4, 0.5) is 10.5 Å². The molecule has 0 bridgehead atoms. The average Bonchev–Trinajstić information content (AvgIpc) is 2.54. The van der Waals surface area contributed by atoms with E-state index in [2.05, 4.69) is 10.6 Å². The maximum absolute atomic E-state index is 12.0. The summed E-state index contributed by atoms with van der Waals surface area (Å²) in [6.45, 7) is 2.11. The molecule has 0 spiro atoms. The molecule has 0 aromatic heterocycles. The Morgan fingerprint density at radius 3 is 2.61 bits per heavy atom. The first-order valence-electron chi connectivity index (χ1n) is 7.08. The highest BCUT2D eigenvalue weighted by molar-refractivity contribution is 5.97. The number of nitrogens with two attached hydrogens (primary N) is 1. The van der Waals surface area contributed by atoms with Gasteiger partial charge in [0.05, 0.1) is 7.11 Å². The monoisotopic (exact) mass is 313 g/mol. The lowest BCUT2D eigenvalue weighted by atomic mass is 10.1. The Morgan fingerprint density at radius 2 is 1.91 bits per heavy atom. The quantitative estimate of drug-likeness (QED) is 0.791. The number of anilines is 1. The summed E-state index contributed by atoms with van der Waals surface area (Å²) in [6, 6.07) is 12.1. The van der Waals surface area contributed by atoms with E-state index in [0.717, 1.165) is 11.1 Å². The Labute approximate surface area is 134 Å². The SMILES string of the molecule is COc1ccccc1CNC(=O)Nc1ccc(C)c(C(N)=O)c1. The molecule has 0 aliphatic rings. The molecule has 2 aromatic carbocycles. The summed E-state index contributed by atoms with van der Waals surface area (Å²) in [7, 11) is 1.58. The van der Waals surface area contributed by atoms with Gasteiger partial charge in [-0.3, -0.25) is 4.79 Å². The maximum atomic E-state index is 12.0. The topological polar surface area (TPSA) is 93.4 Å². The number of nitrogens with one attached hydrogen (secondary N) is 2. The smallest absolute Gasteiger partial charge is 0.319 e. The first kappa shape index (κ1) is 16.4. The van der Waals surface area contributed by atoms with Crippen molar-refractivity contribution in [1.82, 2.24) is 5.32 Å². The zero-order valence-electron chi connectivity index (χ0n) is 13.1. The van der Waals surface area contributed by atoms with Gasteiger partial charge in [0.15, 0.2) is 0 Å². The van der Waals surface area contributed by atoms with Crippen LogP contribution in [0.2, 0.25) is 0 Å². The summed E-state index contributed by atoms with van der Waals surface area (Å²) in [5.74, 6) is 0.180. The van der Waals surface area contributed by atoms with E-state index in [4.69, 9.17) is 10.5 Å². The van der Waals surface area contributed by atoms with E-state index in [1.807, 2.05) is 24.3 Å². The molecule has 0 unspecified atom stereocenters. The van der Waals surface area contributed by atoms with Crippen LogP contribution in [-0.2, 0) is 6.54 Å². The van der Waals surface area contributed by atoms with Crippen LogP contribution >= 0.6 is 0 Å². The first-order chi connectivity index (χ1) is 11.0. The fourth-order valence-electron chi connectivity index (χ4n) is 2.17. The van der Waals surface area contributed by atoms with Crippen LogP contribution < -0.4 is 21.1 Å². The molecular weight excluding hydrogens is 294 g/mol. The van der Waals surface area contributed by atoms with E-state index in [1.165, 1.54) is 0 Å². The molecule has 0 radical (unpaired) electrons. The van der Waals surface area contributed by atoms with Crippen LogP contribution in [0.15, 0.2) is 42.5 Å². The summed E-state index contributed by atoms with van der Waals surface area (Å²) in [5.41, 5.74) is 7.81. The molecule has 0 aliphatic heterocycles. The summed E-state index contributed by atoms with van der Waals surface area (Å²) in [4.78, 5) is 23.3. The zero-order chi connectivity index (χ0) is 16.8. The summed E-state index contributed by atoms with van der Waals surface area (Å²) >= 11 is 0. The number of para-hydroxylation sites is 1. The average molecular weight is 313 g/mol. The Balaban J connectivity index is 2.00. The molecule has 0 saturated carbocycles. The van der Waals surface area contributed by atoms with E-state index in [0.29, 0.717) is 23.5 Å². The van der Waals surface area contributed by atoms with Gasteiger partial charge in [0, 0.05) is 23.4 Å². The fourth-order valence-corrected chi connectivity index (χ4v) is 2.17. The second-order valence-corrected chi connectivity index (χ2v) is 5.01. The highest BCUT2D eigenvalue weighted by atomic mass is 16.5. The van der Waals surface area contributed by atoms with Gasteiger partial charge in [0.25, 0.3) is 0 Å². The number of primary amides is 1. The van der Waals surface area contributed by atoms with Crippen LogP contribution in [0.5, 0.6) is 5.75 Å². The van der Waals surface area contributed by atoms with Gasteiger partial charge in [-0.05, 0) is 30.7 Å². The minimum Gasteiger partial charge on any atom is -0.496 e. The third-order valence-electron chi connectivity index (χ3n) is 3.39. The molecule has 6 heteroatoms. The van der Waals surface area contributed by atoms with Gasteiger partial charge in [-0.2, -0.15) is 0 Å². The van der Waals surface area contributed by atoms with Gasteiger partial charge in [-0.15, -0.1) is 0 Å². The summed E-state index contributed by atoms with van der Waals surface area (Å²) < 4.78 is 5.23. The van der Waals surface area contributed by atoms with Crippen LogP contribution in [0, 0.1) is 6.92 Å². The van der Waals surface area contributed by atoms with Gasteiger partial charge >= 0.3 is 6.03 Å². The fraction of sp³-hybridized carbons (Fsp3) is 0.176. The van der Waals surface area contributed by atoms with Crippen molar-refractivity contribution in [3.05, 3.63) is 59.2 Å². The highest BCUT2D eigenvalue weighted by Gasteiger charge is 2.09. The lowest BCUT2D eigenvalue weighted by Crippen LogP contribution is -2.28. The van der Waals surface area contributed by atoms with Crippen LogP contribution in [0.3, 0.4) is 0 Å². The van der Waals surface area contributed by atoms with Gasteiger partial charge in [-0.1, -0.05) is 24.3 Å². The van der Waals surface area contributed by atoms with Crippen molar-refractivity contribution in [2.75, 3.05) is 12.4 Å². The second-order valence-electron chi connectivity index (χ2n) is 5.01. The molecule has 0 atom stereocenters. The van der Waals surface area contributed by atoms with Crippen LogP contribution in [-0.4, -0.2) is 19.0 Å². The van der Waals surface area contributed by atoms with E-state index in [1.54, 1.807) is 32.2 Å². The maximum Gasteiger partial charge on any atom is 0.319 e. The van der Waals surface area contributed by atoms with Crippen molar-refractivity contribution in [3.8, 4) is 5.75 Å². The van der Waals surface area contributed by atoms with Crippen molar-refractivity contribution in [3.63, 3.8) is 0 Å². The Hall–Kier alpha value is -3.02. The highest BCUT2D eigenvalue weighted by Crippen LogP contribution is 2.17. The van der Waals surface area contributed by atoms with E-state index >= 15 is 0 Å². The van der Waals surface area contributed by atoms with Crippen molar-refractivity contribution in [2.45, 2.75) is 13.5 Å². The summed E-state index contributed by atoms with van der Waals surface area (Å²) in [5, 5.41) is 5.41. The van der Waals surface area contributed by atoms with Crippen molar-refractivity contribution >= 4 is 17.6 Å². The number of aryl methyl sites for hydroxylation is 1. The lowest BCUT2D eigenvalue weighted by Gasteiger charge is -2.11. The zero-order valence-corrected chi connectivity index (χ0v) is 13.1. The molecule has 0 fully saturated rings. The molecule has 0 aliphatic carbocycles. The second kappa shape index (κ2) is 7.31. The van der Waals surface area contributed by atoms with E-state index in [9.17, 15) is 9.59 Å². The molecule has 2 rings (SSSR count). The number of hydrogen-bond acceptors (Lipinski definition) is 3. The Morgan fingerprint density at radius 1 is 1.17 bits per heavy atom. The number of ether oxygens (including phenoxy) is 1. The number of urea groups is 1. The standard InChI is InChI=1S/C17H19N3O3/c1-11-7-8-13(9-14(11)16(18)21)20-17(22)19-10-12-5-3-4-6-15(12)23-2/h3-9H,10H2,1-2H3,(H2,18,21)(H2,19,20,22). The lowest BCUT2D eigenvalue weighted by molar-refractivity contribution is 0.0999. The van der Waals surface area contributed by atoms with E-state index < -0.39 is 5.91 Å². The van der Waals surface area contributed by atoms with Crippen LogP contribution in [0.25, 0.3) is 0 Å². The molecule has 0 saturated heterocycles.